The normalized spacial score (nSPS) is 10.8. The van der Waals surface area contributed by atoms with E-state index in [4.69, 9.17) is 4.74 Å². The van der Waals surface area contributed by atoms with Gasteiger partial charge in [0.2, 0.25) is 11.8 Å². The lowest BCUT2D eigenvalue weighted by Crippen LogP contribution is -2.30. The number of rotatable bonds is 8. The number of fused-ring (bicyclic) bond motifs is 1. The fourth-order valence-electron chi connectivity index (χ4n) is 2.80. The topological polar surface area (TPSA) is 85.2 Å². The van der Waals surface area contributed by atoms with E-state index in [2.05, 4.69) is 15.6 Å². The fourth-order valence-corrected chi connectivity index (χ4v) is 2.80. The molecule has 0 aliphatic heterocycles. The van der Waals surface area contributed by atoms with E-state index in [0.717, 1.165) is 16.6 Å². The van der Waals surface area contributed by atoms with E-state index in [1.807, 2.05) is 24.3 Å². The molecule has 3 rings (SSSR count). The van der Waals surface area contributed by atoms with Gasteiger partial charge < -0.3 is 19.9 Å². The van der Waals surface area contributed by atoms with Crippen molar-refractivity contribution in [2.75, 3.05) is 13.7 Å². The lowest BCUT2D eigenvalue weighted by Gasteiger charge is -2.11. The summed E-state index contributed by atoms with van der Waals surface area (Å²) >= 11 is 0. The molecule has 1 heterocycles. The highest BCUT2D eigenvalue weighted by atomic mass is 19.1. The van der Waals surface area contributed by atoms with Gasteiger partial charge in [-0.25, -0.2) is 9.37 Å². The molecule has 0 aliphatic carbocycles. The van der Waals surface area contributed by atoms with Gasteiger partial charge >= 0.3 is 0 Å². The quantitative estimate of drug-likeness (QED) is 0.620. The molecule has 1 aromatic heterocycles. The molecule has 28 heavy (non-hydrogen) atoms. The van der Waals surface area contributed by atoms with Gasteiger partial charge in [-0.1, -0.05) is 24.3 Å². The van der Waals surface area contributed by atoms with Crippen molar-refractivity contribution in [3.8, 4) is 0 Å². The van der Waals surface area contributed by atoms with Crippen molar-refractivity contribution in [3.63, 3.8) is 0 Å². The molecule has 2 aromatic carbocycles. The Morgan fingerprint density at radius 1 is 1.04 bits per heavy atom. The molecule has 146 valence electrons. The van der Waals surface area contributed by atoms with Crippen molar-refractivity contribution < 1.29 is 18.7 Å². The number of imidazole rings is 1. The minimum atomic E-state index is -0.319. The number of nitrogens with one attached hydrogen (secondary N) is 2. The third kappa shape index (κ3) is 4.92. The van der Waals surface area contributed by atoms with Crippen LogP contribution in [0.15, 0.2) is 48.5 Å². The molecular weight excluding hydrogens is 363 g/mol. The number of carbonyl (C=O) groups is 2. The Morgan fingerprint density at radius 2 is 1.75 bits per heavy atom. The van der Waals surface area contributed by atoms with E-state index in [9.17, 15) is 14.0 Å². The maximum Gasteiger partial charge on any atom is 0.246 e. The van der Waals surface area contributed by atoms with Crippen LogP contribution in [0.5, 0.6) is 0 Å². The fraction of sp³-hybridized carbons (Fsp3) is 0.250. The first-order chi connectivity index (χ1) is 13.6. The van der Waals surface area contributed by atoms with Crippen molar-refractivity contribution in [2.45, 2.75) is 19.6 Å². The monoisotopic (exact) mass is 384 g/mol. The second-order valence-corrected chi connectivity index (χ2v) is 6.22. The maximum atomic E-state index is 13.0. The minimum Gasteiger partial charge on any atom is -0.375 e. The van der Waals surface area contributed by atoms with Crippen LogP contribution in [-0.2, 0) is 34.0 Å². The zero-order chi connectivity index (χ0) is 19.9. The zero-order valence-electron chi connectivity index (χ0n) is 15.4. The first-order valence-corrected chi connectivity index (χ1v) is 8.77. The number of halogens is 1. The number of aromatic nitrogens is 2. The number of benzene rings is 2. The van der Waals surface area contributed by atoms with Gasteiger partial charge in [0.25, 0.3) is 0 Å². The first kappa shape index (κ1) is 19.5. The number of hydrogen-bond acceptors (Lipinski definition) is 4. The highest BCUT2D eigenvalue weighted by Crippen LogP contribution is 2.16. The summed E-state index contributed by atoms with van der Waals surface area (Å²) in [5, 5.41) is 5.54. The van der Waals surface area contributed by atoms with Crippen LogP contribution < -0.4 is 10.6 Å². The average Bonchev–Trinajstić information content (AvgIpc) is 3.04. The molecule has 2 N–H and O–H groups in total. The van der Waals surface area contributed by atoms with E-state index >= 15 is 0 Å². The molecule has 0 radical (unpaired) electrons. The lowest BCUT2D eigenvalue weighted by atomic mass is 10.2. The van der Waals surface area contributed by atoms with Crippen LogP contribution in [0.3, 0.4) is 0 Å². The third-order valence-corrected chi connectivity index (χ3v) is 4.16. The predicted octanol–water partition coefficient (Wildman–Crippen LogP) is 1.75. The smallest absolute Gasteiger partial charge is 0.246 e. The molecule has 0 bridgehead atoms. The summed E-state index contributed by atoms with van der Waals surface area (Å²) < 4.78 is 19.5. The van der Waals surface area contributed by atoms with E-state index in [0.29, 0.717) is 12.4 Å². The largest absolute Gasteiger partial charge is 0.375 e. The van der Waals surface area contributed by atoms with Gasteiger partial charge in [-0.2, -0.15) is 0 Å². The van der Waals surface area contributed by atoms with Crippen molar-refractivity contribution in [1.82, 2.24) is 20.2 Å². The van der Waals surface area contributed by atoms with E-state index in [-0.39, 0.29) is 37.3 Å². The van der Waals surface area contributed by atoms with Gasteiger partial charge in [0.1, 0.15) is 24.8 Å². The molecule has 2 amide bonds. The summed E-state index contributed by atoms with van der Waals surface area (Å²) in [6, 6.07) is 13.4. The van der Waals surface area contributed by atoms with Crippen molar-refractivity contribution in [1.29, 1.82) is 0 Å². The number of carbonyl (C=O) groups excluding carboxylic acids is 2. The van der Waals surface area contributed by atoms with Crippen LogP contribution in [0.1, 0.15) is 11.4 Å². The summed E-state index contributed by atoms with van der Waals surface area (Å²) in [4.78, 5) is 28.6. The maximum absolute atomic E-state index is 13.0. The first-order valence-electron chi connectivity index (χ1n) is 8.77. The summed E-state index contributed by atoms with van der Waals surface area (Å²) in [6.45, 7) is 0.489. The van der Waals surface area contributed by atoms with Crippen molar-refractivity contribution in [3.05, 3.63) is 65.7 Å². The van der Waals surface area contributed by atoms with Crippen molar-refractivity contribution in [2.24, 2.45) is 0 Å². The molecular formula is C20H21FN4O3. The van der Waals surface area contributed by atoms with E-state index < -0.39 is 0 Å². The Morgan fingerprint density at radius 3 is 2.50 bits per heavy atom. The van der Waals surface area contributed by atoms with Crippen LogP contribution in [0.2, 0.25) is 0 Å². The van der Waals surface area contributed by atoms with Gasteiger partial charge in [-0.05, 0) is 29.8 Å². The Balaban J connectivity index is 1.71. The zero-order valence-corrected chi connectivity index (χ0v) is 15.4. The summed E-state index contributed by atoms with van der Waals surface area (Å²) in [7, 11) is 1.44. The summed E-state index contributed by atoms with van der Waals surface area (Å²) in [6.07, 6.45) is 0. The lowest BCUT2D eigenvalue weighted by molar-refractivity contribution is -0.124. The van der Waals surface area contributed by atoms with E-state index in [1.54, 1.807) is 16.7 Å². The molecule has 7 nitrogen and oxygen atoms in total. The Labute approximate surface area is 161 Å². The Hall–Kier alpha value is -3.26. The van der Waals surface area contributed by atoms with Crippen LogP contribution in [-0.4, -0.2) is 35.1 Å². The molecule has 0 spiro atoms. The minimum absolute atomic E-state index is 0.0433. The Bertz CT molecular complexity index is 969. The SMILES string of the molecule is COCC(=O)NCc1nc2ccccc2n1CC(=O)NCc1ccc(F)cc1. The third-order valence-electron chi connectivity index (χ3n) is 4.16. The van der Waals surface area contributed by atoms with Gasteiger partial charge in [0.05, 0.1) is 17.6 Å². The number of hydrogen-bond donors (Lipinski definition) is 2. The second kappa shape index (κ2) is 9.09. The number of amides is 2. The summed E-state index contributed by atoms with van der Waals surface area (Å²) in [5.74, 6) is -0.221. The van der Waals surface area contributed by atoms with Crippen LogP contribution in [0.4, 0.5) is 4.39 Å². The predicted molar refractivity (Wildman–Crippen MR) is 102 cm³/mol. The summed E-state index contributed by atoms with van der Waals surface area (Å²) in [5.41, 5.74) is 2.34. The molecule has 0 saturated carbocycles. The van der Waals surface area contributed by atoms with Crippen molar-refractivity contribution >= 4 is 22.8 Å². The number of methoxy groups -OCH3 is 1. The molecule has 0 saturated heterocycles. The van der Waals surface area contributed by atoms with Crippen LogP contribution in [0, 0.1) is 5.82 Å². The number of ether oxygens (including phenoxy) is 1. The average molecular weight is 384 g/mol. The van der Waals surface area contributed by atoms with Gasteiger partial charge in [0, 0.05) is 13.7 Å². The van der Waals surface area contributed by atoms with Crippen LogP contribution >= 0.6 is 0 Å². The van der Waals surface area contributed by atoms with E-state index in [1.165, 1.54) is 19.2 Å². The standard InChI is InChI=1S/C20H21FN4O3/c1-28-13-20(27)23-11-18-24-16-4-2-3-5-17(16)25(18)12-19(26)22-10-14-6-8-15(21)9-7-14/h2-9H,10-13H2,1H3,(H,22,26)(H,23,27). The highest BCUT2D eigenvalue weighted by molar-refractivity contribution is 5.81. The second-order valence-electron chi connectivity index (χ2n) is 6.22. The van der Waals surface area contributed by atoms with Crippen LogP contribution in [0.25, 0.3) is 11.0 Å². The Kier molecular flexibility index (Phi) is 6.33. The van der Waals surface area contributed by atoms with Gasteiger partial charge in [0.15, 0.2) is 0 Å². The highest BCUT2D eigenvalue weighted by Gasteiger charge is 2.14. The van der Waals surface area contributed by atoms with Gasteiger partial charge in [-0.15, -0.1) is 0 Å². The molecule has 0 fully saturated rings. The number of nitrogens with zero attached hydrogens (tertiary/aromatic N) is 2. The molecule has 0 unspecified atom stereocenters. The number of para-hydroxylation sites is 2. The molecule has 3 aromatic rings. The molecule has 8 heteroatoms. The molecule has 0 aliphatic rings. The van der Waals surface area contributed by atoms with Gasteiger partial charge in [-0.3, -0.25) is 9.59 Å². The molecule has 0 atom stereocenters.